The minimum absolute atomic E-state index is 0.441. The van der Waals surface area contributed by atoms with Gasteiger partial charge in [0.1, 0.15) is 0 Å². The Hall–Kier alpha value is -0.800. The lowest BCUT2D eigenvalue weighted by molar-refractivity contribution is 0.0473. The van der Waals surface area contributed by atoms with Crippen LogP contribution in [0, 0.1) is 0 Å². The molecule has 0 bridgehead atoms. The monoisotopic (exact) mass is 222 g/mol. The van der Waals surface area contributed by atoms with Crippen LogP contribution in [0.5, 0.6) is 0 Å². The van der Waals surface area contributed by atoms with Crippen molar-refractivity contribution >= 4 is 0 Å². The average molecular weight is 222 g/mol. The highest BCUT2D eigenvalue weighted by molar-refractivity contribution is 5.06. The van der Waals surface area contributed by atoms with Crippen LogP contribution >= 0.6 is 0 Å². The minimum atomic E-state index is -0.441. The second kappa shape index (κ2) is 5.02. The van der Waals surface area contributed by atoms with E-state index in [4.69, 9.17) is 0 Å². The van der Waals surface area contributed by atoms with Crippen molar-refractivity contribution in [3.05, 3.63) is 24.0 Å². The molecule has 16 heavy (non-hydrogen) atoms. The number of aromatic nitrogens is 1. The molecule has 3 nitrogen and oxygen atoms in total. The maximum atomic E-state index is 10.2. The molecular weight excluding hydrogens is 200 g/mol. The molecule has 1 fully saturated rings. The molecule has 0 saturated heterocycles. The molecule has 2 rings (SSSR count). The molecule has 0 aromatic carbocycles. The second-order valence-corrected chi connectivity index (χ2v) is 4.82. The quantitative estimate of drug-likeness (QED) is 0.798. The third kappa shape index (κ3) is 2.66. The number of aryl methyl sites for hydroxylation is 1. The first-order valence-corrected chi connectivity index (χ1v) is 6.31. The van der Waals surface area contributed by atoms with E-state index in [1.165, 1.54) is 18.5 Å². The van der Waals surface area contributed by atoms with Gasteiger partial charge >= 0.3 is 0 Å². The van der Waals surface area contributed by atoms with Crippen molar-refractivity contribution in [2.24, 2.45) is 0 Å². The van der Waals surface area contributed by atoms with Crippen LogP contribution in [0.25, 0.3) is 0 Å². The van der Waals surface area contributed by atoms with Gasteiger partial charge in [-0.1, -0.05) is 12.8 Å². The number of hydrogen-bond donors (Lipinski definition) is 2. The zero-order valence-electron chi connectivity index (χ0n) is 10.1. The molecule has 1 aliphatic carbocycles. The summed E-state index contributed by atoms with van der Waals surface area (Å²) in [5.41, 5.74) is 0.855. The molecule has 3 heteroatoms. The van der Waals surface area contributed by atoms with Gasteiger partial charge in [-0.25, -0.2) is 0 Å². The summed E-state index contributed by atoms with van der Waals surface area (Å²) in [6.45, 7) is 4.73. The van der Waals surface area contributed by atoms with Gasteiger partial charge in [0.05, 0.1) is 5.60 Å². The van der Waals surface area contributed by atoms with Gasteiger partial charge in [-0.15, -0.1) is 0 Å². The minimum Gasteiger partial charge on any atom is -0.389 e. The Bertz CT molecular complexity index is 326. The van der Waals surface area contributed by atoms with Gasteiger partial charge in [0, 0.05) is 31.5 Å². The fourth-order valence-electron chi connectivity index (χ4n) is 2.55. The molecule has 0 amide bonds. The van der Waals surface area contributed by atoms with Gasteiger partial charge in [0.2, 0.25) is 0 Å². The normalized spacial score (nSPS) is 19.1. The van der Waals surface area contributed by atoms with E-state index in [1.807, 2.05) is 0 Å². The number of hydrogen-bond acceptors (Lipinski definition) is 2. The standard InChI is InChI=1S/C13H22N2O/c1-2-15-9-5-6-12(15)10-14-11-13(16)7-3-4-8-13/h5-6,9,14,16H,2-4,7-8,10-11H2,1H3. The van der Waals surface area contributed by atoms with Crippen LogP contribution in [-0.2, 0) is 13.1 Å². The lowest BCUT2D eigenvalue weighted by Crippen LogP contribution is -2.37. The van der Waals surface area contributed by atoms with Crippen molar-refractivity contribution in [3.8, 4) is 0 Å². The van der Waals surface area contributed by atoms with E-state index in [-0.39, 0.29) is 0 Å². The first-order valence-electron chi connectivity index (χ1n) is 6.31. The summed E-state index contributed by atoms with van der Waals surface area (Å²) in [7, 11) is 0. The Morgan fingerprint density at radius 2 is 2.19 bits per heavy atom. The molecule has 1 aromatic rings. The van der Waals surface area contributed by atoms with Crippen molar-refractivity contribution in [3.63, 3.8) is 0 Å². The van der Waals surface area contributed by atoms with Crippen molar-refractivity contribution in [2.75, 3.05) is 6.54 Å². The zero-order valence-corrected chi connectivity index (χ0v) is 10.1. The number of nitrogens with one attached hydrogen (secondary N) is 1. The number of rotatable bonds is 5. The molecule has 0 radical (unpaired) electrons. The van der Waals surface area contributed by atoms with E-state index >= 15 is 0 Å². The molecule has 2 N–H and O–H groups in total. The maximum absolute atomic E-state index is 10.2. The fraction of sp³-hybridized carbons (Fsp3) is 0.692. The number of nitrogens with zero attached hydrogens (tertiary/aromatic N) is 1. The summed E-state index contributed by atoms with van der Waals surface area (Å²) in [5, 5.41) is 13.6. The molecule has 1 aliphatic rings. The van der Waals surface area contributed by atoms with E-state index in [1.54, 1.807) is 0 Å². The highest BCUT2D eigenvalue weighted by Gasteiger charge is 2.30. The van der Waals surface area contributed by atoms with Gasteiger partial charge < -0.3 is 15.0 Å². The van der Waals surface area contributed by atoms with E-state index in [2.05, 4.69) is 35.1 Å². The van der Waals surface area contributed by atoms with Crippen LogP contribution in [0.1, 0.15) is 38.3 Å². The fourth-order valence-corrected chi connectivity index (χ4v) is 2.55. The van der Waals surface area contributed by atoms with Crippen LogP contribution in [0.4, 0.5) is 0 Å². The lowest BCUT2D eigenvalue weighted by Gasteiger charge is -2.22. The molecular formula is C13H22N2O. The van der Waals surface area contributed by atoms with Gasteiger partial charge in [-0.05, 0) is 31.9 Å². The van der Waals surface area contributed by atoms with E-state index in [0.29, 0.717) is 0 Å². The third-order valence-electron chi connectivity index (χ3n) is 3.56. The van der Waals surface area contributed by atoms with Gasteiger partial charge in [-0.2, -0.15) is 0 Å². The summed E-state index contributed by atoms with van der Waals surface area (Å²) in [6, 6.07) is 4.21. The van der Waals surface area contributed by atoms with Crippen molar-refractivity contribution in [2.45, 2.75) is 51.3 Å². The lowest BCUT2D eigenvalue weighted by atomic mass is 10.0. The Labute approximate surface area is 97.5 Å². The zero-order chi connectivity index (χ0) is 11.4. The Morgan fingerprint density at radius 1 is 1.44 bits per heavy atom. The largest absolute Gasteiger partial charge is 0.389 e. The molecule has 1 aromatic heterocycles. The molecule has 0 unspecified atom stereocenters. The Kier molecular flexibility index (Phi) is 3.66. The Morgan fingerprint density at radius 3 is 2.88 bits per heavy atom. The highest BCUT2D eigenvalue weighted by atomic mass is 16.3. The number of aliphatic hydroxyl groups is 1. The SMILES string of the molecule is CCn1cccc1CNCC1(O)CCCC1. The molecule has 0 spiro atoms. The summed E-state index contributed by atoms with van der Waals surface area (Å²) < 4.78 is 2.23. The third-order valence-corrected chi connectivity index (χ3v) is 3.56. The first-order chi connectivity index (χ1) is 7.73. The topological polar surface area (TPSA) is 37.2 Å². The van der Waals surface area contributed by atoms with Crippen molar-refractivity contribution in [1.29, 1.82) is 0 Å². The van der Waals surface area contributed by atoms with Crippen LogP contribution in [0.3, 0.4) is 0 Å². The van der Waals surface area contributed by atoms with Crippen LogP contribution in [-0.4, -0.2) is 21.8 Å². The van der Waals surface area contributed by atoms with Crippen molar-refractivity contribution < 1.29 is 5.11 Å². The van der Waals surface area contributed by atoms with Crippen LogP contribution in [0.15, 0.2) is 18.3 Å². The predicted octanol–water partition coefficient (Wildman–Crippen LogP) is 1.90. The van der Waals surface area contributed by atoms with Crippen LogP contribution in [0.2, 0.25) is 0 Å². The highest BCUT2D eigenvalue weighted by Crippen LogP contribution is 2.28. The van der Waals surface area contributed by atoms with Gasteiger partial charge in [0.15, 0.2) is 0 Å². The molecule has 1 heterocycles. The average Bonchev–Trinajstić information content (AvgIpc) is 2.88. The maximum Gasteiger partial charge on any atom is 0.0771 e. The van der Waals surface area contributed by atoms with E-state index in [9.17, 15) is 5.11 Å². The predicted molar refractivity (Wildman–Crippen MR) is 65.2 cm³/mol. The summed E-state index contributed by atoms with van der Waals surface area (Å²) in [5.74, 6) is 0. The molecule has 90 valence electrons. The summed E-state index contributed by atoms with van der Waals surface area (Å²) >= 11 is 0. The van der Waals surface area contributed by atoms with E-state index < -0.39 is 5.60 Å². The van der Waals surface area contributed by atoms with Crippen molar-refractivity contribution in [1.82, 2.24) is 9.88 Å². The first kappa shape index (κ1) is 11.7. The molecule has 0 aliphatic heterocycles. The smallest absolute Gasteiger partial charge is 0.0771 e. The second-order valence-electron chi connectivity index (χ2n) is 4.82. The van der Waals surface area contributed by atoms with Gasteiger partial charge in [0.25, 0.3) is 0 Å². The summed E-state index contributed by atoms with van der Waals surface area (Å²) in [6.07, 6.45) is 6.35. The summed E-state index contributed by atoms with van der Waals surface area (Å²) in [4.78, 5) is 0. The van der Waals surface area contributed by atoms with E-state index in [0.717, 1.165) is 32.5 Å². The van der Waals surface area contributed by atoms with Gasteiger partial charge in [-0.3, -0.25) is 0 Å². The molecule has 1 saturated carbocycles. The molecule has 0 atom stereocenters. The Balaban J connectivity index is 1.79. The van der Waals surface area contributed by atoms with Crippen LogP contribution < -0.4 is 5.32 Å².